The van der Waals surface area contributed by atoms with E-state index in [1.165, 1.54) is 10.9 Å². The smallest absolute Gasteiger partial charge is 0.212 e. The standard InChI is InChI=1S/C19H17NO2/c1-20-16(11-9-15-5-3-4-6-17(15)20)10-7-14-8-12-19(22-2)18(21)13-14/h3-13H,1-2H3/p+1/b10-7+. The molecular formula is C19H18NO2+. The minimum absolute atomic E-state index is 0.146. The van der Waals surface area contributed by atoms with Crippen LogP contribution in [0.2, 0.25) is 0 Å². The summed E-state index contributed by atoms with van der Waals surface area (Å²) in [5.41, 5.74) is 3.20. The third-order valence-electron chi connectivity index (χ3n) is 3.77. The van der Waals surface area contributed by atoms with E-state index in [1.807, 2.05) is 37.4 Å². The van der Waals surface area contributed by atoms with Gasteiger partial charge < -0.3 is 9.84 Å². The van der Waals surface area contributed by atoms with E-state index in [1.54, 1.807) is 19.2 Å². The molecule has 0 amide bonds. The normalized spacial score (nSPS) is 11.2. The fourth-order valence-electron chi connectivity index (χ4n) is 2.52. The van der Waals surface area contributed by atoms with Crippen LogP contribution in [0.15, 0.2) is 54.6 Å². The average Bonchev–Trinajstić information content (AvgIpc) is 2.55. The van der Waals surface area contributed by atoms with E-state index in [2.05, 4.69) is 28.8 Å². The van der Waals surface area contributed by atoms with Crippen molar-refractivity contribution in [3.8, 4) is 11.5 Å². The molecule has 0 radical (unpaired) electrons. The van der Waals surface area contributed by atoms with Gasteiger partial charge in [0, 0.05) is 23.6 Å². The molecule has 3 nitrogen and oxygen atoms in total. The molecule has 22 heavy (non-hydrogen) atoms. The number of pyridine rings is 1. The third-order valence-corrected chi connectivity index (χ3v) is 3.77. The lowest BCUT2D eigenvalue weighted by atomic mass is 10.1. The van der Waals surface area contributed by atoms with E-state index in [4.69, 9.17) is 4.74 Å². The van der Waals surface area contributed by atoms with Crippen LogP contribution in [0.5, 0.6) is 11.5 Å². The number of aromatic hydroxyl groups is 1. The van der Waals surface area contributed by atoms with Crippen molar-refractivity contribution in [2.75, 3.05) is 7.11 Å². The number of ether oxygens (including phenoxy) is 1. The molecule has 0 unspecified atom stereocenters. The van der Waals surface area contributed by atoms with Crippen molar-refractivity contribution < 1.29 is 14.4 Å². The maximum absolute atomic E-state index is 9.82. The van der Waals surface area contributed by atoms with Gasteiger partial charge in [-0.15, -0.1) is 0 Å². The quantitative estimate of drug-likeness (QED) is 0.749. The highest BCUT2D eigenvalue weighted by Gasteiger charge is 2.08. The van der Waals surface area contributed by atoms with Crippen molar-refractivity contribution in [2.45, 2.75) is 0 Å². The van der Waals surface area contributed by atoms with Crippen molar-refractivity contribution in [3.63, 3.8) is 0 Å². The van der Waals surface area contributed by atoms with Crippen LogP contribution in [-0.4, -0.2) is 12.2 Å². The molecule has 1 aromatic heterocycles. The first-order valence-electron chi connectivity index (χ1n) is 7.12. The number of nitrogens with zero attached hydrogens (tertiary/aromatic N) is 1. The lowest BCUT2D eigenvalue weighted by Gasteiger charge is -2.03. The predicted octanol–water partition coefficient (Wildman–Crippen LogP) is 3.55. The zero-order valence-corrected chi connectivity index (χ0v) is 12.7. The van der Waals surface area contributed by atoms with Gasteiger partial charge in [-0.2, -0.15) is 4.57 Å². The lowest BCUT2D eigenvalue weighted by molar-refractivity contribution is -0.646. The van der Waals surface area contributed by atoms with E-state index >= 15 is 0 Å². The molecule has 3 rings (SSSR count). The van der Waals surface area contributed by atoms with Crippen molar-refractivity contribution >= 4 is 23.1 Å². The van der Waals surface area contributed by atoms with Crippen LogP contribution in [-0.2, 0) is 7.05 Å². The van der Waals surface area contributed by atoms with Gasteiger partial charge >= 0.3 is 0 Å². The maximum atomic E-state index is 9.82. The highest BCUT2D eigenvalue weighted by atomic mass is 16.5. The summed E-state index contributed by atoms with van der Waals surface area (Å²) in [6.45, 7) is 0. The Morgan fingerprint density at radius 1 is 1.00 bits per heavy atom. The summed E-state index contributed by atoms with van der Waals surface area (Å²) in [5.74, 6) is 0.626. The number of aryl methyl sites for hydroxylation is 1. The molecule has 0 aliphatic carbocycles. The largest absolute Gasteiger partial charge is 0.504 e. The highest BCUT2D eigenvalue weighted by Crippen LogP contribution is 2.26. The SMILES string of the molecule is COc1ccc(/C=C/c2ccc3ccccc3[n+]2C)cc1O. The first-order chi connectivity index (χ1) is 10.7. The summed E-state index contributed by atoms with van der Waals surface area (Å²) >= 11 is 0. The van der Waals surface area contributed by atoms with Crippen molar-refractivity contribution in [1.29, 1.82) is 0 Å². The van der Waals surface area contributed by atoms with E-state index < -0.39 is 0 Å². The number of aromatic nitrogens is 1. The Morgan fingerprint density at radius 2 is 1.82 bits per heavy atom. The van der Waals surface area contributed by atoms with Gasteiger partial charge in [0.2, 0.25) is 11.2 Å². The Morgan fingerprint density at radius 3 is 2.59 bits per heavy atom. The molecule has 0 saturated heterocycles. The van der Waals surface area contributed by atoms with Crippen LogP contribution in [0.25, 0.3) is 23.1 Å². The minimum Gasteiger partial charge on any atom is -0.504 e. The molecule has 3 aromatic rings. The van der Waals surface area contributed by atoms with Crippen LogP contribution in [0.1, 0.15) is 11.3 Å². The zero-order chi connectivity index (χ0) is 15.5. The fourth-order valence-corrected chi connectivity index (χ4v) is 2.52. The Kier molecular flexibility index (Phi) is 3.79. The van der Waals surface area contributed by atoms with Crippen LogP contribution in [0.4, 0.5) is 0 Å². The number of hydrogen-bond donors (Lipinski definition) is 1. The fraction of sp³-hybridized carbons (Fsp3) is 0.105. The van der Waals surface area contributed by atoms with Gasteiger partial charge in [-0.3, -0.25) is 0 Å². The Labute approximate surface area is 129 Å². The van der Waals surface area contributed by atoms with Crippen molar-refractivity contribution in [2.24, 2.45) is 7.05 Å². The molecule has 0 saturated carbocycles. The molecule has 0 spiro atoms. The first kappa shape index (κ1) is 14.1. The Hall–Kier alpha value is -2.81. The van der Waals surface area contributed by atoms with Crippen molar-refractivity contribution in [3.05, 3.63) is 65.9 Å². The van der Waals surface area contributed by atoms with Gasteiger partial charge in [0.1, 0.15) is 7.05 Å². The van der Waals surface area contributed by atoms with Crippen LogP contribution < -0.4 is 9.30 Å². The molecule has 2 aromatic carbocycles. The second kappa shape index (κ2) is 5.90. The monoisotopic (exact) mass is 292 g/mol. The second-order valence-electron chi connectivity index (χ2n) is 5.14. The zero-order valence-electron chi connectivity index (χ0n) is 12.7. The van der Waals surface area contributed by atoms with Crippen LogP contribution >= 0.6 is 0 Å². The summed E-state index contributed by atoms with van der Waals surface area (Å²) in [4.78, 5) is 0. The molecule has 110 valence electrons. The number of benzene rings is 2. The molecule has 0 aliphatic heterocycles. The van der Waals surface area contributed by atoms with E-state index in [0.29, 0.717) is 5.75 Å². The number of phenols is 1. The van der Waals surface area contributed by atoms with E-state index in [9.17, 15) is 5.11 Å². The Balaban J connectivity index is 1.95. The number of para-hydroxylation sites is 1. The van der Waals surface area contributed by atoms with Gasteiger partial charge in [-0.05, 0) is 35.9 Å². The molecule has 0 atom stereocenters. The number of phenolic OH excluding ortho intramolecular Hbond substituents is 1. The van der Waals surface area contributed by atoms with Gasteiger partial charge in [0.05, 0.1) is 7.11 Å². The van der Waals surface area contributed by atoms with Gasteiger partial charge in [-0.25, -0.2) is 0 Å². The van der Waals surface area contributed by atoms with Crippen LogP contribution in [0.3, 0.4) is 0 Å². The Bertz CT molecular complexity index is 853. The average molecular weight is 292 g/mol. The molecule has 0 aliphatic rings. The number of fused-ring (bicyclic) bond motifs is 1. The van der Waals surface area contributed by atoms with Gasteiger partial charge in [-0.1, -0.05) is 18.2 Å². The number of rotatable bonds is 3. The molecule has 1 heterocycles. The maximum Gasteiger partial charge on any atom is 0.212 e. The molecular weight excluding hydrogens is 274 g/mol. The summed E-state index contributed by atoms with van der Waals surface area (Å²) in [6, 6.07) is 17.8. The third kappa shape index (κ3) is 2.66. The molecule has 1 N–H and O–H groups in total. The molecule has 3 heteroatoms. The topological polar surface area (TPSA) is 33.3 Å². The predicted molar refractivity (Wildman–Crippen MR) is 88.7 cm³/mol. The highest BCUT2D eigenvalue weighted by molar-refractivity contribution is 5.77. The number of methoxy groups -OCH3 is 1. The first-order valence-corrected chi connectivity index (χ1v) is 7.12. The summed E-state index contributed by atoms with van der Waals surface area (Å²) in [6.07, 6.45) is 4.01. The van der Waals surface area contributed by atoms with Crippen LogP contribution in [0, 0.1) is 0 Å². The summed E-state index contributed by atoms with van der Waals surface area (Å²) in [5, 5.41) is 11.0. The molecule has 0 bridgehead atoms. The van der Waals surface area contributed by atoms with Gasteiger partial charge in [0.15, 0.2) is 11.5 Å². The van der Waals surface area contributed by atoms with Gasteiger partial charge in [0.25, 0.3) is 0 Å². The number of hydrogen-bond acceptors (Lipinski definition) is 2. The minimum atomic E-state index is 0.146. The van der Waals surface area contributed by atoms with E-state index in [-0.39, 0.29) is 5.75 Å². The summed E-state index contributed by atoms with van der Waals surface area (Å²) in [7, 11) is 3.59. The second-order valence-corrected chi connectivity index (χ2v) is 5.14. The molecule has 0 fully saturated rings. The van der Waals surface area contributed by atoms with Crippen molar-refractivity contribution in [1.82, 2.24) is 0 Å². The van der Waals surface area contributed by atoms with E-state index in [0.717, 1.165) is 11.3 Å². The lowest BCUT2D eigenvalue weighted by Crippen LogP contribution is -2.32. The summed E-state index contributed by atoms with van der Waals surface area (Å²) < 4.78 is 7.20.